The van der Waals surface area contributed by atoms with Gasteiger partial charge in [0.1, 0.15) is 22.1 Å². The summed E-state index contributed by atoms with van der Waals surface area (Å²) < 4.78 is 5.22. The number of hydrogen-bond donors (Lipinski definition) is 2. The van der Waals surface area contributed by atoms with Gasteiger partial charge in [0.2, 0.25) is 0 Å². The van der Waals surface area contributed by atoms with Crippen LogP contribution >= 0.6 is 11.3 Å². The minimum absolute atomic E-state index is 0.188. The third kappa shape index (κ3) is 5.10. The number of amides is 1. The fraction of sp³-hybridized carbons (Fsp3) is 0.294. The maximum atomic E-state index is 11.9. The number of aliphatic hydroxyl groups excluding tert-OH is 1. The number of rotatable bonds is 4. The van der Waals surface area contributed by atoms with E-state index in [1.54, 1.807) is 20.8 Å². The summed E-state index contributed by atoms with van der Waals surface area (Å²) in [6.45, 7) is 8.85. The molecule has 0 radical (unpaired) electrons. The number of aliphatic hydroxyl groups is 1. The highest BCUT2D eigenvalue weighted by Gasteiger charge is 2.20. The number of anilines is 1. The Morgan fingerprint density at radius 1 is 1.35 bits per heavy atom. The van der Waals surface area contributed by atoms with Gasteiger partial charge in [-0.2, -0.15) is 0 Å². The van der Waals surface area contributed by atoms with E-state index < -0.39 is 11.7 Å². The second-order valence-electron chi connectivity index (χ2n) is 6.02. The quantitative estimate of drug-likeness (QED) is 0.802. The molecule has 1 heterocycles. The van der Waals surface area contributed by atoms with E-state index in [0.717, 1.165) is 10.6 Å². The molecule has 0 aliphatic heterocycles. The van der Waals surface area contributed by atoms with Crippen molar-refractivity contribution in [3.05, 3.63) is 53.2 Å². The predicted molar refractivity (Wildman–Crippen MR) is 92.9 cm³/mol. The number of thiazole rings is 1. The van der Waals surface area contributed by atoms with Crippen molar-refractivity contribution in [3.8, 4) is 0 Å². The zero-order valence-corrected chi connectivity index (χ0v) is 14.2. The molecule has 0 bridgehead atoms. The zero-order chi connectivity index (χ0) is 17.0. The third-order valence-corrected chi connectivity index (χ3v) is 3.73. The molecule has 0 aliphatic carbocycles. The Balaban J connectivity index is 2.18. The lowest BCUT2D eigenvalue weighted by atomic mass is 10.2. The lowest BCUT2D eigenvalue weighted by molar-refractivity contribution is 0.0636. The number of benzene rings is 1. The minimum Gasteiger partial charge on any atom is -0.506 e. The summed E-state index contributed by atoms with van der Waals surface area (Å²) >= 11 is 1.29. The van der Waals surface area contributed by atoms with Crippen molar-refractivity contribution in [2.45, 2.75) is 32.8 Å². The van der Waals surface area contributed by atoms with E-state index in [-0.39, 0.29) is 11.5 Å². The van der Waals surface area contributed by atoms with Crippen LogP contribution in [-0.4, -0.2) is 21.8 Å². The van der Waals surface area contributed by atoms with Crippen molar-refractivity contribution < 1.29 is 14.6 Å². The average Bonchev–Trinajstić information content (AvgIpc) is 2.80. The molecule has 0 saturated carbocycles. The lowest BCUT2D eigenvalue weighted by Crippen LogP contribution is -2.27. The van der Waals surface area contributed by atoms with Gasteiger partial charge in [0, 0.05) is 6.42 Å². The number of nitrogens with zero attached hydrogens (tertiary/aromatic N) is 1. The normalized spacial score (nSPS) is 11.1. The Kier molecular flexibility index (Phi) is 5.05. The van der Waals surface area contributed by atoms with Gasteiger partial charge < -0.3 is 9.84 Å². The molecule has 2 aromatic rings. The van der Waals surface area contributed by atoms with E-state index in [1.165, 1.54) is 11.3 Å². The van der Waals surface area contributed by atoms with Gasteiger partial charge in [-0.05, 0) is 26.3 Å². The Morgan fingerprint density at radius 2 is 2.00 bits per heavy atom. The van der Waals surface area contributed by atoms with Crippen LogP contribution in [0.15, 0.2) is 36.9 Å². The van der Waals surface area contributed by atoms with Gasteiger partial charge in [-0.1, -0.05) is 36.9 Å². The molecule has 1 aromatic heterocycles. The Morgan fingerprint density at radius 3 is 2.57 bits per heavy atom. The number of carbonyl (C=O) groups is 1. The molecule has 23 heavy (non-hydrogen) atoms. The zero-order valence-electron chi connectivity index (χ0n) is 13.4. The topological polar surface area (TPSA) is 71.5 Å². The monoisotopic (exact) mass is 332 g/mol. The van der Waals surface area contributed by atoms with Gasteiger partial charge in [-0.3, -0.25) is 5.32 Å². The summed E-state index contributed by atoms with van der Waals surface area (Å²) in [5.74, 6) is -0.188. The van der Waals surface area contributed by atoms with Gasteiger partial charge in [0.25, 0.3) is 0 Å². The molecule has 122 valence electrons. The van der Waals surface area contributed by atoms with Crippen LogP contribution in [0.25, 0.3) is 5.76 Å². The van der Waals surface area contributed by atoms with Crippen LogP contribution in [0.4, 0.5) is 9.80 Å². The Labute approximate surface area is 139 Å². The van der Waals surface area contributed by atoms with Gasteiger partial charge in [-0.15, -0.1) is 11.3 Å². The number of nitrogens with one attached hydrogen (secondary N) is 1. The van der Waals surface area contributed by atoms with Gasteiger partial charge >= 0.3 is 6.09 Å². The lowest BCUT2D eigenvalue weighted by Gasteiger charge is -2.19. The molecule has 6 heteroatoms. The first kappa shape index (κ1) is 17.0. The van der Waals surface area contributed by atoms with E-state index in [1.807, 2.05) is 30.3 Å². The molecule has 0 spiro atoms. The van der Waals surface area contributed by atoms with Crippen molar-refractivity contribution in [3.63, 3.8) is 0 Å². The van der Waals surface area contributed by atoms with E-state index in [2.05, 4.69) is 16.9 Å². The maximum Gasteiger partial charge on any atom is 0.412 e. The van der Waals surface area contributed by atoms with Crippen molar-refractivity contribution >= 4 is 28.2 Å². The fourth-order valence-corrected chi connectivity index (χ4v) is 2.89. The van der Waals surface area contributed by atoms with Gasteiger partial charge in [0.15, 0.2) is 0 Å². The number of aromatic nitrogens is 1. The molecule has 2 N–H and O–H groups in total. The molecular formula is C17H20N2O3S. The molecule has 1 aromatic carbocycles. The molecule has 5 nitrogen and oxygen atoms in total. The molecular weight excluding hydrogens is 312 g/mol. The first-order valence-corrected chi connectivity index (χ1v) is 7.98. The van der Waals surface area contributed by atoms with E-state index in [0.29, 0.717) is 11.4 Å². The highest BCUT2D eigenvalue weighted by molar-refractivity contribution is 7.16. The van der Waals surface area contributed by atoms with Crippen LogP contribution in [0.2, 0.25) is 0 Å². The van der Waals surface area contributed by atoms with Crippen molar-refractivity contribution in [1.82, 2.24) is 4.98 Å². The van der Waals surface area contributed by atoms with Crippen LogP contribution in [0.3, 0.4) is 0 Å². The average molecular weight is 332 g/mol. The molecule has 0 unspecified atom stereocenters. The molecule has 0 atom stereocenters. The highest BCUT2D eigenvalue weighted by Crippen LogP contribution is 2.30. The van der Waals surface area contributed by atoms with Crippen LogP contribution in [0.5, 0.6) is 0 Å². The summed E-state index contributed by atoms with van der Waals surface area (Å²) in [6.07, 6.45) is 0.0248. The maximum absolute atomic E-state index is 11.9. The Hall–Kier alpha value is -2.34. The second-order valence-corrected chi connectivity index (χ2v) is 7.10. The molecule has 0 aliphatic rings. The molecule has 2 rings (SSSR count). The van der Waals surface area contributed by atoms with Gasteiger partial charge in [-0.25, -0.2) is 9.78 Å². The molecule has 0 saturated heterocycles. The molecule has 1 amide bonds. The van der Waals surface area contributed by atoms with Crippen LogP contribution < -0.4 is 5.32 Å². The van der Waals surface area contributed by atoms with E-state index in [9.17, 15) is 9.90 Å². The fourth-order valence-electron chi connectivity index (χ4n) is 1.89. The standard InChI is InChI=1S/C17H20N2O3S/c1-11(20)14-15(19-16(21)22-17(2,3)4)23-13(18-14)10-12-8-6-5-7-9-12/h5-9,20H,1,10H2,2-4H3,(H,19,21). The van der Waals surface area contributed by atoms with Crippen molar-refractivity contribution in [2.75, 3.05) is 5.32 Å². The summed E-state index contributed by atoms with van der Waals surface area (Å²) in [5.41, 5.74) is 0.768. The first-order chi connectivity index (χ1) is 10.7. The summed E-state index contributed by atoms with van der Waals surface area (Å²) in [6, 6.07) is 9.84. The Bertz CT molecular complexity index is 702. The number of carbonyl (C=O) groups excluding carboxylic acids is 1. The largest absolute Gasteiger partial charge is 0.506 e. The SMILES string of the molecule is C=C(O)c1nc(Cc2ccccc2)sc1NC(=O)OC(C)(C)C. The van der Waals surface area contributed by atoms with E-state index >= 15 is 0 Å². The number of hydrogen-bond acceptors (Lipinski definition) is 5. The minimum atomic E-state index is -0.599. The predicted octanol–water partition coefficient (Wildman–Crippen LogP) is 4.61. The summed E-state index contributed by atoms with van der Waals surface area (Å²) in [5, 5.41) is 13.5. The highest BCUT2D eigenvalue weighted by atomic mass is 32.1. The van der Waals surface area contributed by atoms with Gasteiger partial charge in [0.05, 0.1) is 5.01 Å². The van der Waals surface area contributed by atoms with Crippen LogP contribution in [-0.2, 0) is 11.2 Å². The number of ether oxygens (including phenoxy) is 1. The van der Waals surface area contributed by atoms with Crippen LogP contribution in [0.1, 0.15) is 37.0 Å². The first-order valence-electron chi connectivity index (χ1n) is 7.16. The summed E-state index contributed by atoms with van der Waals surface area (Å²) in [4.78, 5) is 16.3. The van der Waals surface area contributed by atoms with Crippen LogP contribution in [0, 0.1) is 0 Å². The second kappa shape index (κ2) is 6.83. The summed E-state index contributed by atoms with van der Waals surface area (Å²) in [7, 11) is 0. The van der Waals surface area contributed by atoms with Crippen molar-refractivity contribution in [1.29, 1.82) is 0 Å². The third-order valence-electron chi connectivity index (χ3n) is 2.76. The van der Waals surface area contributed by atoms with Crippen molar-refractivity contribution in [2.24, 2.45) is 0 Å². The van der Waals surface area contributed by atoms with E-state index in [4.69, 9.17) is 4.74 Å². The molecule has 0 fully saturated rings. The smallest absolute Gasteiger partial charge is 0.412 e.